The number of halogens is 1. The molecule has 0 saturated heterocycles. The Morgan fingerprint density at radius 1 is 1.21 bits per heavy atom. The van der Waals surface area contributed by atoms with Crippen LogP contribution in [0.3, 0.4) is 0 Å². The molecule has 2 rings (SSSR count). The molecule has 2 aromatic carbocycles. The van der Waals surface area contributed by atoms with Gasteiger partial charge in [0, 0.05) is 22.8 Å². The van der Waals surface area contributed by atoms with Gasteiger partial charge in [-0.25, -0.2) is 8.42 Å². The normalized spacial score (nSPS) is 12.3. The molecule has 0 fully saturated rings. The van der Waals surface area contributed by atoms with E-state index in [0.29, 0.717) is 16.3 Å². The van der Waals surface area contributed by atoms with Gasteiger partial charge < -0.3 is 5.32 Å². The van der Waals surface area contributed by atoms with E-state index in [1.165, 1.54) is 18.2 Å². The highest BCUT2D eigenvalue weighted by molar-refractivity contribution is 7.92. The van der Waals surface area contributed by atoms with Gasteiger partial charge in [-0.05, 0) is 49.6 Å². The van der Waals surface area contributed by atoms with Gasteiger partial charge in [-0.15, -0.1) is 0 Å². The first-order valence-electron chi connectivity index (χ1n) is 8.77. The van der Waals surface area contributed by atoms with E-state index < -0.39 is 26.9 Å². The first kappa shape index (κ1) is 22.6. The molecule has 2 aromatic rings. The maximum Gasteiger partial charge on any atom is 0.271 e. The van der Waals surface area contributed by atoms with Crippen molar-refractivity contribution >= 4 is 44.6 Å². The number of nitro benzene ring substituents is 1. The van der Waals surface area contributed by atoms with Crippen LogP contribution in [-0.4, -0.2) is 31.5 Å². The number of carbonyl (C=O) groups excluding carboxylic acids is 1. The molecule has 0 aliphatic rings. The summed E-state index contributed by atoms with van der Waals surface area (Å²) in [5.74, 6) is -0.547. The lowest BCUT2D eigenvalue weighted by molar-refractivity contribution is -0.384. The lowest BCUT2D eigenvalue weighted by atomic mass is 10.1. The maximum absolute atomic E-state index is 13.0. The number of anilines is 2. The first-order chi connectivity index (χ1) is 13.5. The fourth-order valence-corrected chi connectivity index (χ4v) is 4.46. The molecule has 1 N–H and O–H groups in total. The van der Waals surface area contributed by atoms with Crippen molar-refractivity contribution in [1.29, 1.82) is 0 Å². The summed E-state index contributed by atoms with van der Waals surface area (Å²) < 4.78 is 26.1. The van der Waals surface area contributed by atoms with E-state index in [2.05, 4.69) is 5.32 Å². The van der Waals surface area contributed by atoms with Gasteiger partial charge >= 0.3 is 0 Å². The van der Waals surface area contributed by atoms with Crippen LogP contribution in [0, 0.1) is 24.0 Å². The quantitative estimate of drug-likeness (QED) is 0.517. The zero-order valence-electron chi connectivity index (χ0n) is 16.5. The minimum absolute atomic E-state index is 0.0940. The Labute approximate surface area is 174 Å². The van der Waals surface area contributed by atoms with Gasteiger partial charge in [0.05, 0.1) is 16.9 Å². The van der Waals surface area contributed by atoms with Gasteiger partial charge in [-0.3, -0.25) is 19.2 Å². The average molecular weight is 440 g/mol. The van der Waals surface area contributed by atoms with E-state index in [1.54, 1.807) is 39.0 Å². The molecule has 156 valence electrons. The van der Waals surface area contributed by atoms with E-state index in [9.17, 15) is 23.3 Å². The van der Waals surface area contributed by atoms with Crippen LogP contribution in [0.25, 0.3) is 0 Å². The van der Waals surface area contributed by atoms with Crippen LogP contribution in [0.5, 0.6) is 0 Å². The number of amides is 1. The standard InChI is InChI=1S/C19H22ClN3O5S/c1-5-17(19(24)21-16-9-7-14(20)10-13(16)3)22(29(4,27)28)18-11-15(23(25)26)8-6-12(18)2/h6-11,17H,5H2,1-4H3,(H,21,24)/t17-/m0/s1. The second kappa shape index (κ2) is 8.79. The number of benzene rings is 2. The molecule has 0 unspecified atom stereocenters. The van der Waals surface area contributed by atoms with Crippen molar-refractivity contribution in [1.82, 2.24) is 0 Å². The first-order valence-corrected chi connectivity index (χ1v) is 11.0. The summed E-state index contributed by atoms with van der Waals surface area (Å²) in [7, 11) is -3.92. The molecule has 1 atom stereocenters. The summed E-state index contributed by atoms with van der Waals surface area (Å²) in [4.78, 5) is 23.5. The molecule has 0 aliphatic carbocycles. The molecule has 0 aliphatic heterocycles. The van der Waals surface area contributed by atoms with Crippen molar-refractivity contribution < 1.29 is 18.1 Å². The van der Waals surface area contributed by atoms with Crippen LogP contribution >= 0.6 is 11.6 Å². The van der Waals surface area contributed by atoms with E-state index in [1.807, 2.05) is 0 Å². The predicted octanol–water partition coefficient (Wildman–Crippen LogP) is 4.05. The van der Waals surface area contributed by atoms with Gasteiger partial charge in [0.1, 0.15) is 6.04 Å². The van der Waals surface area contributed by atoms with Crippen molar-refractivity contribution in [2.45, 2.75) is 33.2 Å². The van der Waals surface area contributed by atoms with Gasteiger partial charge in [0.15, 0.2) is 0 Å². The Balaban J connectivity index is 2.51. The lowest BCUT2D eigenvalue weighted by Gasteiger charge is -2.31. The van der Waals surface area contributed by atoms with Crippen LogP contribution in [0.15, 0.2) is 36.4 Å². The highest BCUT2D eigenvalue weighted by Gasteiger charge is 2.33. The summed E-state index contributed by atoms with van der Waals surface area (Å²) in [5, 5.41) is 14.4. The highest BCUT2D eigenvalue weighted by atomic mass is 35.5. The molecular formula is C19H22ClN3O5S. The van der Waals surface area contributed by atoms with Crippen LogP contribution in [0.2, 0.25) is 5.02 Å². The van der Waals surface area contributed by atoms with Gasteiger partial charge in [-0.1, -0.05) is 24.6 Å². The van der Waals surface area contributed by atoms with Crippen molar-refractivity contribution in [2.75, 3.05) is 15.9 Å². The predicted molar refractivity (Wildman–Crippen MR) is 114 cm³/mol. The number of nitro groups is 1. The molecule has 0 saturated carbocycles. The molecule has 29 heavy (non-hydrogen) atoms. The Morgan fingerprint density at radius 2 is 1.86 bits per heavy atom. The number of rotatable bonds is 7. The molecule has 0 spiro atoms. The minimum atomic E-state index is -3.92. The summed E-state index contributed by atoms with van der Waals surface area (Å²) in [5.41, 5.74) is 1.55. The monoisotopic (exact) mass is 439 g/mol. The van der Waals surface area contributed by atoms with Crippen molar-refractivity contribution in [2.24, 2.45) is 0 Å². The zero-order chi connectivity index (χ0) is 21.9. The zero-order valence-corrected chi connectivity index (χ0v) is 18.0. The fraction of sp³-hybridized carbons (Fsp3) is 0.316. The van der Waals surface area contributed by atoms with E-state index >= 15 is 0 Å². The van der Waals surface area contributed by atoms with Crippen LogP contribution in [0.1, 0.15) is 24.5 Å². The maximum atomic E-state index is 13.0. The Hall–Kier alpha value is -2.65. The summed E-state index contributed by atoms with van der Waals surface area (Å²) in [6.45, 7) is 5.07. The molecule has 0 radical (unpaired) electrons. The topological polar surface area (TPSA) is 110 Å². The Kier molecular flexibility index (Phi) is 6.86. The van der Waals surface area contributed by atoms with E-state index in [4.69, 9.17) is 11.6 Å². The number of hydrogen-bond donors (Lipinski definition) is 1. The third kappa shape index (κ3) is 5.24. The molecule has 0 bridgehead atoms. The van der Waals surface area contributed by atoms with Crippen molar-refractivity contribution in [3.05, 3.63) is 62.7 Å². The van der Waals surface area contributed by atoms with Crippen LogP contribution in [0.4, 0.5) is 17.1 Å². The molecular weight excluding hydrogens is 418 g/mol. The third-order valence-corrected chi connectivity index (χ3v) is 5.82. The van der Waals surface area contributed by atoms with Gasteiger partial charge in [-0.2, -0.15) is 0 Å². The van der Waals surface area contributed by atoms with Crippen molar-refractivity contribution in [3.8, 4) is 0 Å². The Bertz CT molecular complexity index is 1060. The molecule has 0 heterocycles. The number of carbonyl (C=O) groups is 1. The summed E-state index contributed by atoms with van der Waals surface area (Å²) in [6.07, 6.45) is 1.13. The molecule has 0 aromatic heterocycles. The minimum Gasteiger partial charge on any atom is -0.324 e. The SMILES string of the molecule is CC[C@@H](C(=O)Nc1ccc(Cl)cc1C)N(c1cc([N+](=O)[O-])ccc1C)S(C)(=O)=O. The Morgan fingerprint density at radius 3 is 2.38 bits per heavy atom. The second-order valence-electron chi connectivity index (χ2n) is 6.66. The van der Waals surface area contributed by atoms with Gasteiger partial charge in [0.25, 0.3) is 5.69 Å². The summed E-state index contributed by atoms with van der Waals surface area (Å²) >= 11 is 5.94. The third-order valence-electron chi connectivity index (χ3n) is 4.42. The average Bonchev–Trinajstić information content (AvgIpc) is 2.61. The number of nitrogens with one attached hydrogen (secondary N) is 1. The number of non-ortho nitro benzene ring substituents is 1. The number of nitrogens with zero attached hydrogens (tertiary/aromatic N) is 2. The highest BCUT2D eigenvalue weighted by Crippen LogP contribution is 2.31. The van der Waals surface area contributed by atoms with E-state index in [0.717, 1.165) is 16.1 Å². The second-order valence-corrected chi connectivity index (χ2v) is 8.96. The molecule has 1 amide bonds. The number of aryl methyl sites for hydroxylation is 2. The lowest BCUT2D eigenvalue weighted by Crippen LogP contribution is -2.47. The fourth-order valence-electron chi connectivity index (χ4n) is 2.97. The van der Waals surface area contributed by atoms with Gasteiger partial charge in [0.2, 0.25) is 15.9 Å². The molecule has 10 heteroatoms. The van der Waals surface area contributed by atoms with Crippen LogP contribution in [-0.2, 0) is 14.8 Å². The smallest absolute Gasteiger partial charge is 0.271 e. The number of hydrogen-bond acceptors (Lipinski definition) is 5. The number of sulfonamides is 1. The summed E-state index contributed by atoms with van der Waals surface area (Å²) in [6, 6.07) is 7.74. The largest absolute Gasteiger partial charge is 0.324 e. The van der Waals surface area contributed by atoms with Crippen LogP contribution < -0.4 is 9.62 Å². The molecule has 8 nitrogen and oxygen atoms in total. The van der Waals surface area contributed by atoms with E-state index in [-0.39, 0.29) is 17.8 Å². The van der Waals surface area contributed by atoms with Crippen molar-refractivity contribution in [3.63, 3.8) is 0 Å².